The Morgan fingerprint density at radius 3 is 2.80 bits per heavy atom. The second-order valence-electron chi connectivity index (χ2n) is 12.4. The number of aromatic hydroxyl groups is 1. The molecule has 2 aromatic carbocycles. The lowest BCUT2D eigenvalue weighted by Gasteiger charge is -2.30. The molecule has 2 atom stereocenters. The van der Waals surface area contributed by atoms with E-state index in [0.29, 0.717) is 37.0 Å². The molecule has 4 aromatic rings. The van der Waals surface area contributed by atoms with Gasteiger partial charge in [0.05, 0.1) is 17.6 Å². The van der Waals surface area contributed by atoms with Gasteiger partial charge in [-0.1, -0.05) is 12.1 Å². The Bertz CT molecular complexity index is 1860. The maximum Gasteiger partial charge on any atom is 0.349 e. The van der Waals surface area contributed by atoms with E-state index in [2.05, 4.69) is 20.2 Å². The molecular weight excluding hydrogens is 584 g/mol. The Morgan fingerprint density at radius 2 is 1.98 bits per heavy atom. The Balaban J connectivity index is 1.32. The van der Waals surface area contributed by atoms with Crippen molar-refractivity contribution >= 4 is 33.4 Å². The summed E-state index contributed by atoms with van der Waals surface area (Å²) >= 11 is 0. The van der Waals surface area contributed by atoms with Crippen molar-refractivity contribution in [3.63, 3.8) is 0 Å². The molecule has 12 heteroatoms. The summed E-state index contributed by atoms with van der Waals surface area (Å²) in [6, 6.07) is 7.23. The minimum atomic E-state index is -0.934. The van der Waals surface area contributed by atoms with Crippen molar-refractivity contribution in [2.75, 3.05) is 44.6 Å². The molecule has 10 nitrogen and oxygen atoms in total. The molecule has 236 valence electrons. The second kappa shape index (κ2) is 11.6. The van der Waals surface area contributed by atoms with Crippen LogP contribution < -0.4 is 15.7 Å². The number of halogens is 2. The first-order valence-electron chi connectivity index (χ1n) is 15.5. The number of alkyl halides is 1. The van der Waals surface area contributed by atoms with Crippen LogP contribution in [-0.4, -0.2) is 81.8 Å². The number of likely N-dealkylation sites (tertiary alicyclic amines) is 1. The number of nitrogens with one attached hydrogen (secondary N) is 1. The highest BCUT2D eigenvalue weighted by atomic mass is 19.1. The number of benzene rings is 2. The maximum absolute atomic E-state index is 15.1. The molecule has 0 bridgehead atoms. The highest BCUT2D eigenvalue weighted by Crippen LogP contribution is 2.41. The minimum Gasteiger partial charge on any atom is -0.508 e. The Kier molecular flexibility index (Phi) is 7.55. The Hall–Kier alpha value is -4.32. The van der Waals surface area contributed by atoms with Crippen molar-refractivity contribution in [2.24, 2.45) is 0 Å². The lowest BCUT2D eigenvalue weighted by Crippen LogP contribution is -2.43. The van der Waals surface area contributed by atoms with E-state index in [1.807, 2.05) is 0 Å². The van der Waals surface area contributed by atoms with Crippen molar-refractivity contribution in [3.8, 4) is 23.1 Å². The first-order valence-corrected chi connectivity index (χ1v) is 15.5. The van der Waals surface area contributed by atoms with E-state index in [9.17, 15) is 19.1 Å². The third-order valence-corrected chi connectivity index (χ3v) is 9.49. The van der Waals surface area contributed by atoms with Gasteiger partial charge in [0.25, 0.3) is 0 Å². The Morgan fingerprint density at radius 1 is 1.16 bits per heavy atom. The average molecular weight is 620 g/mol. The molecule has 1 amide bonds. The van der Waals surface area contributed by atoms with Gasteiger partial charge in [-0.2, -0.15) is 9.97 Å². The van der Waals surface area contributed by atoms with E-state index in [1.165, 1.54) is 24.3 Å². The van der Waals surface area contributed by atoms with Crippen LogP contribution >= 0.6 is 0 Å². The van der Waals surface area contributed by atoms with Gasteiger partial charge < -0.3 is 24.5 Å². The van der Waals surface area contributed by atoms with Crippen molar-refractivity contribution in [3.05, 3.63) is 52.1 Å². The summed E-state index contributed by atoms with van der Waals surface area (Å²) < 4.78 is 41.5. The Labute approximate surface area is 258 Å². The van der Waals surface area contributed by atoms with Gasteiger partial charge >= 0.3 is 11.6 Å². The molecule has 0 radical (unpaired) electrons. The quantitative estimate of drug-likeness (QED) is 0.297. The van der Waals surface area contributed by atoms with E-state index in [4.69, 9.17) is 9.15 Å². The SMILES string of the molecule is Cc1c(-c2cc(O)cc3cccc(F)c23)oc(=O)c2c(NCC(=O)N3CCCCC3)nc(OC[C@@]34CCCN3C[C@H](F)C4)nc12. The maximum atomic E-state index is 15.1. The number of hydrogen-bond acceptors (Lipinski definition) is 9. The summed E-state index contributed by atoms with van der Waals surface area (Å²) in [6.45, 7) is 4.26. The number of nitrogens with zero attached hydrogens (tertiary/aromatic N) is 4. The van der Waals surface area contributed by atoms with Crippen molar-refractivity contribution < 1.29 is 27.8 Å². The molecule has 0 unspecified atom stereocenters. The van der Waals surface area contributed by atoms with Crippen LogP contribution in [0.2, 0.25) is 0 Å². The third kappa shape index (κ3) is 5.34. The summed E-state index contributed by atoms with van der Waals surface area (Å²) in [5, 5.41) is 14.1. The fraction of sp³-hybridized carbons (Fsp3) is 0.455. The smallest absolute Gasteiger partial charge is 0.349 e. The number of carbonyl (C=O) groups is 1. The molecule has 3 aliphatic heterocycles. The molecule has 0 aliphatic carbocycles. The zero-order valence-electron chi connectivity index (χ0n) is 25.1. The number of amides is 1. The lowest BCUT2D eigenvalue weighted by molar-refractivity contribution is -0.130. The molecule has 3 aliphatic rings. The number of carbonyl (C=O) groups excluding carboxylic acids is 1. The van der Waals surface area contributed by atoms with Gasteiger partial charge in [-0.3, -0.25) is 9.69 Å². The fourth-order valence-corrected chi connectivity index (χ4v) is 7.29. The normalized spacial score (nSPS) is 21.8. The van der Waals surface area contributed by atoms with Crippen LogP contribution in [0.1, 0.15) is 44.1 Å². The number of anilines is 1. The zero-order chi connectivity index (χ0) is 31.3. The van der Waals surface area contributed by atoms with Crippen LogP contribution in [-0.2, 0) is 4.79 Å². The van der Waals surface area contributed by atoms with Gasteiger partial charge in [0.2, 0.25) is 5.91 Å². The molecule has 3 saturated heterocycles. The summed E-state index contributed by atoms with van der Waals surface area (Å²) in [7, 11) is 0. The van der Waals surface area contributed by atoms with E-state index >= 15 is 4.39 Å². The van der Waals surface area contributed by atoms with Gasteiger partial charge in [-0.25, -0.2) is 13.6 Å². The summed E-state index contributed by atoms with van der Waals surface area (Å²) in [6.07, 6.45) is 4.12. The van der Waals surface area contributed by atoms with Crippen molar-refractivity contribution in [1.29, 1.82) is 0 Å². The number of phenolic OH excluding ortho intramolecular Hbond substituents is 1. The molecule has 7 rings (SSSR count). The molecule has 45 heavy (non-hydrogen) atoms. The molecule has 0 saturated carbocycles. The predicted octanol–water partition coefficient (Wildman–Crippen LogP) is 4.94. The van der Waals surface area contributed by atoms with Gasteiger partial charge in [-0.15, -0.1) is 0 Å². The highest BCUT2D eigenvalue weighted by Gasteiger charge is 2.49. The van der Waals surface area contributed by atoms with E-state index in [1.54, 1.807) is 17.9 Å². The molecular formula is C33H35F2N5O5. The van der Waals surface area contributed by atoms with E-state index < -0.39 is 23.2 Å². The number of fused-ring (bicyclic) bond motifs is 3. The molecule has 0 spiro atoms. The van der Waals surface area contributed by atoms with Crippen LogP contribution in [0.3, 0.4) is 0 Å². The zero-order valence-corrected chi connectivity index (χ0v) is 25.1. The fourth-order valence-electron chi connectivity index (χ4n) is 7.29. The second-order valence-corrected chi connectivity index (χ2v) is 12.4. The predicted molar refractivity (Wildman–Crippen MR) is 165 cm³/mol. The van der Waals surface area contributed by atoms with Crippen LogP contribution in [0.4, 0.5) is 14.6 Å². The minimum absolute atomic E-state index is 0.0188. The monoisotopic (exact) mass is 619 g/mol. The lowest BCUT2D eigenvalue weighted by atomic mass is 9.95. The molecule has 5 heterocycles. The standard InChI is InChI=1S/C33H35F2N5O5/c1-19-28-27(31(43)45-29(19)23-14-22(41)13-20-7-5-8-24(35)26(20)23)30(36-16-25(42)39-10-3-2-4-11-39)38-32(37-28)44-18-33-9-6-12-40(33)17-21(34)15-33/h5,7-8,13-14,21,41H,2-4,6,9-12,15-18H2,1H3,(H,36,37,38)/t21-,33+/m1/s1. The number of aryl methyl sites for hydroxylation is 1. The van der Waals surface area contributed by atoms with Crippen molar-refractivity contribution in [1.82, 2.24) is 19.8 Å². The van der Waals surface area contributed by atoms with Gasteiger partial charge in [-0.05, 0) is 69.2 Å². The van der Waals surface area contributed by atoms with E-state index in [-0.39, 0.29) is 64.2 Å². The van der Waals surface area contributed by atoms with Crippen molar-refractivity contribution in [2.45, 2.75) is 57.2 Å². The van der Waals surface area contributed by atoms with Gasteiger partial charge in [0.1, 0.15) is 41.3 Å². The summed E-state index contributed by atoms with van der Waals surface area (Å²) in [5.74, 6) is -0.679. The number of aromatic nitrogens is 2. The first-order chi connectivity index (χ1) is 21.7. The van der Waals surface area contributed by atoms with Crippen LogP contribution in [0, 0.1) is 12.7 Å². The number of rotatable bonds is 7. The van der Waals surface area contributed by atoms with Gasteiger partial charge in [0, 0.05) is 42.6 Å². The van der Waals surface area contributed by atoms with E-state index in [0.717, 1.165) is 38.6 Å². The number of phenols is 1. The number of hydrogen-bond donors (Lipinski definition) is 2. The first kappa shape index (κ1) is 29.4. The van der Waals surface area contributed by atoms with Crippen LogP contribution in [0.15, 0.2) is 39.5 Å². The largest absolute Gasteiger partial charge is 0.508 e. The molecule has 2 aromatic heterocycles. The third-order valence-electron chi connectivity index (χ3n) is 9.49. The number of ether oxygens (including phenoxy) is 1. The number of piperidine rings is 1. The van der Waals surface area contributed by atoms with Crippen LogP contribution in [0.5, 0.6) is 11.8 Å². The van der Waals surface area contributed by atoms with Gasteiger partial charge in [0.15, 0.2) is 0 Å². The average Bonchev–Trinajstić information content (AvgIpc) is 3.56. The summed E-state index contributed by atoms with van der Waals surface area (Å²) in [5.41, 5.74) is -0.473. The molecule has 2 N–H and O–H groups in total. The molecule has 3 fully saturated rings. The highest BCUT2D eigenvalue weighted by molar-refractivity contribution is 6.01. The van der Waals surface area contributed by atoms with Crippen LogP contribution in [0.25, 0.3) is 33.0 Å². The summed E-state index contributed by atoms with van der Waals surface area (Å²) in [4.78, 5) is 39.7. The topological polar surface area (TPSA) is 121 Å².